The number of aliphatic imine (C=N–C) groups is 1. The van der Waals surface area contributed by atoms with Crippen LogP contribution in [0.15, 0.2) is 41.5 Å². The highest BCUT2D eigenvalue weighted by atomic mass is 19.1. The molecule has 3 heterocycles. The number of benzene rings is 1. The number of hydrogen-bond acceptors (Lipinski definition) is 4. The predicted octanol–water partition coefficient (Wildman–Crippen LogP) is 3.08. The molecular formula is C18H19FN4O. The molecule has 0 spiro atoms. The van der Waals surface area contributed by atoms with Gasteiger partial charge in [-0.2, -0.15) is 5.10 Å². The van der Waals surface area contributed by atoms with E-state index in [4.69, 9.17) is 4.74 Å². The minimum atomic E-state index is -0.238. The van der Waals surface area contributed by atoms with E-state index >= 15 is 0 Å². The fourth-order valence-electron chi connectivity index (χ4n) is 3.05. The molecule has 124 valence electrons. The summed E-state index contributed by atoms with van der Waals surface area (Å²) in [7, 11) is 0. The quantitative estimate of drug-likeness (QED) is 0.923. The maximum absolute atomic E-state index is 13.0. The van der Waals surface area contributed by atoms with Gasteiger partial charge < -0.3 is 9.64 Å². The topological polar surface area (TPSA) is 53.5 Å². The van der Waals surface area contributed by atoms with E-state index in [0.29, 0.717) is 0 Å². The van der Waals surface area contributed by atoms with Gasteiger partial charge in [0, 0.05) is 25.7 Å². The Labute approximate surface area is 139 Å². The Balaban J connectivity index is 1.51. The number of amidine groups is 1. The average Bonchev–Trinajstić information content (AvgIpc) is 3.13. The van der Waals surface area contributed by atoms with Crippen LogP contribution in [0.5, 0.6) is 0 Å². The third kappa shape index (κ3) is 3.10. The lowest BCUT2D eigenvalue weighted by atomic mass is 10.0. The first-order valence-electron chi connectivity index (χ1n) is 8.20. The molecule has 2 aliphatic heterocycles. The number of halogens is 1. The van der Waals surface area contributed by atoms with Gasteiger partial charge in [0.2, 0.25) is 0 Å². The standard InChI is InChI=1S/C18H19FN4O/c19-15-4-1-13(2-5-15)16-11-17(22-21-16)14-3-6-18(20-12-14)23-7-9-24-10-8-23/h1-2,4-5,11-12H,3,6-10H2,(H,21,22). The molecule has 2 aliphatic rings. The van der Waals surface area contributed by atoms with Crippen LogP contribution in [0.25, 0.3) is 16.8 Å². The van der Waals surface area contributed by atoms with Crippen LogP contribution in [-0.4, -0.2) is 47.2 Å². The van der Waals surface area contributed by atoms with Crippen LogP contribution in [0, 0.1) is 5.82 Å². The van der Waals surface area contributed by atoms with Crippen LogP contribution in [0.2, 0.25) is 0 Å². The summed E-state index contributed by atoms with van der Waals surface area (Å²) in [6.07, 6.45) is 3.76. The van der Waals surface area contributed by atoms with Crippen LogP contribution in [0.1, 0.15) is 18.5 Å². The van der Waals surface area contributed by atoms with Crippen molar-refractivity contribution < 1.29 is 9.13 Å². The molecule has 1 N–H and O–H groups in total. The summed E-state index contributed by atoms with van der Waals surface area (Å²) >= 11 is 0. The minimum absolute atomic E-state index is 0.238. The van der Waals surface area contributed by atoms with Crippen molar-refractivity contribution >= 4 is 11.4 Å². The highest BCUT2D eigenvalue weighted by Gasteiger charge is 2.19. The van der Waals surface area contributed by atoms with E-state index in [0.717, 1.165) is 67.5 Å². The first kappa shape index (κ1) is 15.1. The molecule has 1 fully saturated rings. The number of ether oxygens (including phenoxy) is 1. The number of aromatic amines is 1. The van der Waals surface area contributed by atoms with Crippen molar-refractivity contribution in [3.8, 4) is 11.3 Å². The van der Waals surface area contributed by atoms with Crippen molar-refractivity contribution in [1.29, 1.82) is 0 Å². The molecular weight excluding hydrogens is 307 g/mol. The maximum Gasteiger partial charge on any atom is 0.123 e. The van der Waals surface area contributed by atoms with Gasteiger partial charge in [0.05, 0.1) is 24.6 Å². The molecule has 24 heavy (non-hydrogen) atoms. The van der Waals surface area contributed by atoms with Crippen molar-refractivity contribution in [2.45, 2.75) is 12.8 Å². The number of allylic oxidation sites excluding steroid dienone is 1. The number of H-pyrrole nitrogens is 1. The van der Waals surface area contributed by atoms with Gasteiger partial charge in [0.25, 0.3) is 0 Å². The Hall–Kier alpha value is -2.47. The molecule has 1 saturated heterocycles. The van der Waals surface area contributed by atoms with Crippen LogP contribution in [0.3, 0.4) is 0 Å². The van der Waals surface area contributed by atoms with E-state index in [2.05, 4.69) is 20.1 Å². The van der Waals surface area contributed by atoms with E-state index in [-0.39, 0.29) is 5.82 Å². The Morgan fingerprint density at radius 2 is 1.88 bits per heavy atom. The zero-order chi connectivity index (χ0) is 16.4. The summed E-state index contributed by atoms with van der Waals surface area (Å²) in [5, 5.41) is 7.41. The second-order valence-electron chi connectivity index (χ2n) is 5.97. The summed E-state index contributed by atoms with van der Waals surface area (Å²) in [6.45, 7) is 3.38. The monoisotopic (exact) mass is 326 g/mol. The highest BCUT2D eigenvalue weighted by Crippen LogP contribution is 2.27. The molecule has 0 saturated carbocycles. The number of nitrogens with one attached hydrogen (secondary N) is 1. The normalized spacial score (nSPS) is 18.3. The molecule has 0 bridgehead atoms. The Kier molecular flexibility index (Phi) is 4.13. The number of morpholine rings is 1. The smallest absolute Gasteiger partial charge is 0.123 e. The lowest BCUT2D eigenvalue weighted by Gasteiger charge is -2.31. The van der Waals surface area contributed by atoms with Crippen LogP contribution in [-0.2, 0) is 4.74 Å². The van der Waals surface area contributed by atoms with Gasteiger partial charge in [0.1, 0.15) is 11.7 Å². The lowest BCUT2D eigenvalue weighted by molar-refractivity contribution is 0.0672. The largest absolute Gasteiger partial charge is 0.378 e. The Morgan fingerprint density at radius 1 is 1.08 bits per heavy atom. The highest BCUT2D eigenvalue weighted by molar-refractivity contribution is 5.87. The number of aromatic nitrogens is 2. The van der Waals surface area contributed by atoms with Gasteiger partial charge >= 0.3 is 0 Å². The molecule has 5 nitrogen and oxygen atoms in total. The fourth-order valence-corrected chi connectivity index (χ4v) is 3.05. The second kappa shape index (κ2) is 6.57. The summed E-state index contributed by atoms with van der Waals surface area (Å²) < 4.78 is 18.4. The molecule has 0 atom stereocenters. The summed E-state index contributed by atoms with van der Waals surface area (Å²) in [5.74, 6) is 0.898. The number of nitrogens with zero attached hydrogens (tertiary/aromatic N) is 3. The first-order valence-corrected chi connectivity index (χ1v) is 8.20. The Morgan fingerprint density at radius 3 is 2.58 bits per heavy atom. The van der Waals surface area contributed by atoms with E-state index in [1.54, 1.807) is 12.1 Å². The summed E-state index contributed by atoms with van der Waals surface area (Å²) in [5.41, 5.74) is 3.83. The van der Waals surface area contributed by atoms with Crippen molar-refractivity contribution in [3.63, 3.8) is 0 Å². The van der Waals surface area contributed by atoms with E-state index in [9.17, 15) is 4.39 Å². The predicted molar refractivity (Wildman–Crippen MR) is 91.0 cm³/mol. The first-order chi connectivity index (χ1) is 11.8. The summed E-state index contributed by atoms with van der Waals surface area (Å²) in [6, 6.07) is 8.39. The molecule has 1 aromatic carbocycles. The van der Waals surface area contributed by atoms with Gasteiger partial charge in [-0.15, -0.1) is 0 Å². The van der Waals surface area contributed by atoms with Crippen LogP contribution in [0.4, 0.5) is 4.39 Å². The fraction of sp³-hybridized carbons (Fsp3) is 0.333. The number of rotatable bonds is 2. The van der Waals surface area contributed by atoms with Crippen LogP contribution >= 0.6 is 0 Å². The molecule has 0 amide bonds. The van der Waals surface area contributed by atoms with E-state index in [1.807, 2.05) is 12.3 Å². The molecule has 0 unspecified atom stereocenters. The molecule has 6 heteroatoms. The Bertz CT molecular complexity index is 773. The lowest BCUT2D eigenvalue weighted by Crippen LogP contribution is -2.41. The third-order valence-electron chi connectivity index (χ3n) is 4.43. The van der Waals surface area contributed by atoms with Gasteiger partial charge in [-0.3, -0.25) is 5.10 Å². The zero-order valence-corrected chi connectivity index (χ0v) is 13.3. The third-order valence-corrected chi connectivity index (χ3v) is 4.43. The zero-order valence-electron chi connectivity index (χ0n) is 13.3. The molecule has 1 aromatic heterocycles. The van der Waals surface area contributed by atoms with Crippen LogP contribution < -0.4 is 0 Å². The maximum atomic E-state index is 13.0. The minimum Gasteiger partial charge on any atom is -0.378 e. The molecule has 0 radical (unpaired) electrons. The molecule has 2 aromatic rings. The van der Waals surface area contributed by atoms with Gasteiger partial charge in [0.15, 0.2) is 0 Å². The average molecular weight is 326 g/mol. The summed E-state index contributed by atoms with van der Waals surface area (Å²) in [4.78, 5) is 6.92. The molecule has 0 aliphatic carbocycles. The van der Waals surface area contributed by atoms with Crippen molar-refractivity contribution in [1.82, 2.24) is 15.1 Å². The van der Waals surface area contributed by atoms with Crippen molar-refractivity contribution in [2.24, 2.45) is 4.99 Å². The van der Waals surface area contributed by atoms with Crippen molar-refractivity contribution in [2.75, 3.05) is 26.3 Å². The van der Waals surface area contributed by atoms with Crippen molar-refractivity contribution in [3.05, 3.63) is 48.0 Å². The second-order valence-corrected chi connectivity index (χ2v) is 5.97. The van der Waals surface area contributed by atoms with Gasteiger partial charge in [-0.1, -0.05) is 0 Å². The van der Waals surface area contributed by atoms with E-state index in [1.165, 1.54) is 12.1 Å². The van der Waals surface area contributed by atoms with E-state index < -0.39 is 0 Å². The molecule has 4 rings (SSSR count). The number of hydrogen-bond donors (Lipinski definition) is 1. The SMILES string of the molecule is Fc1ccc(-c2cc(C3=CN=C(N4CCOCC4)CC3)n[nH]2)cc1. The van der Waals surface area contributed by atoms with Gasteiger partial charge in [-0.05, 0) is 47.9 Å². The van der Waals surface area contributed by atoms with Gasteiger partial charge in [-0.25, -0.2) is 9.38 Å².